The van der Waals surface area contributed by atoms with E-state index >= 15 is 0 Å². The highest BCUT2D eigenvalue weighted by molar-refractivity contribution is 7.80. The summed E-state index contributed by atoms with van der Waals surface area (Å²) in [6.07, 6.45) is 13.7. The lowest BCUT2D eigenvalue weighted by Gasteiger charge is -2.62. The Balaban J connectivity index is 1.32. The molecular formula is C34H65N3O5S. The van der Waals surface area contributed by atoms with Crippen LogP contribution in [-0.4, -0.2) is 62.5 Å². The van der Waals surface area contributed by atoms with E-state index < -0.39 is 16.5 Å². The van der Waals surface area contributed by atoms with Crippen LogP contribution in [0.25, 0.3) is 0 Å². The maximum absolute atomic E-state index is 11.8. The van der Waals surface area contributed by atoms with Crippen LogP contribution >= 0.6 is 0 Å². The number of rotatable bonds is 16. The third-order valence-corrected chi connectivity index (χ3v) is 13.6. The van der Waals surface area contributed by atoms with Crippen LogP contribution < -0.4 is 16.4 Å². The van der Waals surface area contributed by atoms with Gasteiger partial charge in [0.05, 0.1) is 12.2 Å². The van der Waals surface area contributed by atoms with E-state index in [1.165, 1.54) is 44.9 Å². The summed E-state index contributed by atoms with van der Waals surface area (Å²) in [5, 5.41) is 19.2. The van der Waals surface area contributed by atoms with Crippen molar-refractivity contribution in [2.75, 3.05) is 26.2 Å². The summed E-state index contributed by atoms with van der Waals surface area (Å²) in [7, 11) is -4.45. The molecule has 0 aromatic carbocycles. The average molecular weight is 628 g/mol. The van der Waals surface area contributed by atoms with Crippen LogP contribution in [0.15, 0.2) is 0 Å². The first-order valence-electron chi connectivity index (χ1n) is 17.8. The summed E-state index contributed by atoms with van der Waals surface area (Å²) in [4.78, 5) is 0. The van der Waals surface area contributed by atoms with Crippen molar-refractivity contribution in [2.24, 2.45) is 58.0 Å². The fourth-order valence-corrected chi connectivity index (χ4v) is 11.3. The van der Waals surface area contributed by atoms with Crippen molar-refractivity contribution in [2.45, 2.75) is 136 Å². The van der Waals surface area contributed by atoms with Gasteiger partial charge in [0.2, 0.25) is 0 Å². The third kappa shape index (κ3) is 8.36. The summed E-state index contributed by atoms with van der Waals surface area (Å²) >= 11 is 0. The summed E-state index contributed by atoms with van der Waals surface area (Å²) in [6.45, 7) is 15.3. The highest BCUT2D eigenvalue weighted by Gasteiger charge is 2.62. The molecule has 252 valence electrons. The number of hydrogen-bond acceptors (Lipinski definition) is 7. The normalized spacial score (nSPS) is 39.2. The Labute approximate surface area is 263 Å². The van der Waals surface area contributed by atoms with Crippen LogP contribution in [0.1, 0.15) is 118 Å². The monoisotopic (exact) mass is 627 g/mol. The number of unbranched alkanes of at least 4 members (excludes halogenated alkanes) is 1. The van der Waals surface area contributed by atoms with Crippen LogP contribution in [-0.2, 0) is 14.6 Å². The van der Waals surface area contributed by atoms with Gasteiger partial charge in [0.25, 0.3) is 0 Å². The molecule has 43 heavy (non-hydrogen) atoms. The van der Waals surface area contributed by atoms with E-state index in [4.69, 9.17) is 9.92 Å². The lowest BCUT2D eigenvalue weighted by atomic mass is 9.43. The summed E-state index contributed by atoms with van der Waals surface area (Å²) < 4.78 is 37.1. The van der Waals surface area contributed by atoms with Gasteiger partial charge in [-0.3, -0.25) is 4.55 Å². The van der Waals surface area contributed by atoms with Crippen molar-refractivity contribution >= 4 is 10.4 Å². The number of aliphatic hydroxyl groups is 1. The first-order valence-corrected chi connectivity index (χ1v) is 19.1. The Morgan fingerprint density at radius 1 is 0.907 bits per heavy atom. The Bertz CT molecular complexity index is 981. The molecule has 0 saturated heterocycles. The summed E-state index contributed by atoms with van der Waals surface area (Å²) in [5.41, 5.74) is 6.13. The quantitative estimate of drug-likeness (QED) is 0.111. The van der Waals surface area contributed by atoms with Gasteiger partial charge in [-0.15, -0.1) is 0 Å². The molecule has 0 bridgehead atoms. The molecule has 4 fully saturated rings. The minimum absolute atomic E-state index is 0.0152. The molecule has 0 aromatic rings. The minimum Gasteiger partial charge on any atom is -0.393 e. The van der Waals surface area contributed by atoms with E-state index in [1.807, 2.05) is 13.8 Å². The van der Waals surface area contributed by atoms with Crippen molar-refractivity contribution in [1.29, 1.82) is 0 Å². The molecule has 0 aromatic heterocycles. The van der Waals surface area contributed by atoms with E-state index in [1.54, 1.807) is 0 Å². The molecule has 0 amide bonds. The number of fused-ring (bicyclic) bond motifs is 5. The van der Waals surface area contributed by atoms with Gasteiger partial charge in [0, 0.05) is 6.04 Å². The molecule has 5 unspecified atom stereocenters. The number of hydrogen-bond donors (Lipinski definition) is 5. The standard InChI is InChI=1S/C34H65N3O5S/c1-23(2)31(42-43(39,40)41)12-9-24(3)27-10-11-28-32-29(14-16-34(27,28)5)33(4)15-13-26(21-25(33)22-30(32)38)37-20-8-19-36-18-7-6-17-35/h23-32,36-38H,6-22,35H2,1-5H3,(H,39,40,41)/t24-,25?,26+,27-,28?,29?,30?,31-,32?,33+,34-/m1/s1. The van der Waals surface area contributed by atoms with Crippen molar-refractivity contribution in [1.82, 2.24) is 10.6 Å². The summed E-state index contributed by atoms with van der Waals surface area (Å²) in [5.74, 6) is 3.21. The van der Waals surface area contributed by atoms with E-state index in [0.717, 1.165) is 58.3 Å². The van der Waals surface area contributed by atoms with E-state index in [-0.39, 0.29) is 17.4 Å². The van der Waals surface area contributed by atoms with Crippen molar-refractivity contribution in [3.63, 3.8) is 0 Å². The predicted molar refractivity (Wildman–Crippen MR) is 174 cm³/mol. The molecule has 4 rings (SSSR count). The Morgan fingerprint density at radius 2 is 1.60 bits per heavy atom. The second kappa shape index (κ2) is 15.1. The van der Waals surface area contributed by atoms with Crippen molar-refractivity contribution < 1.29 is 22.3 Å². The van der Waals surface area contributed by atoms with Gasteiger partial charge >= 0.3 is 10.4 Å². The lowest BCUT2D eigenvalue weighted by molar-refractivity contribution is -0.167. The fourth-order valence-electron chi connectivity index (χ4n) is 10.7. The number of nitrogens with one attached hydrogen (secondary N) is 2. The number of nitrogens with two attached hydrogens (primary N) is 1. The molecule has 0 spiro atoms. The SMILES string of the molecule is CC(C)[C@@H](CC[C@@H](C)[C@H]1CCC2C3C(O)CC4C[C@@H](NCCCNCCCCN)CC[C@]4(C)C3CC[C@@]21C)OS(=O)(=O)O. The highest BCUT2D eigenvalue weighted by Crippen LogP contribution is 2.68. The Hall–Kier alpha value is -0.290. The van der Waals surface area contributed by atoms with Gasteiger partial charge in [-0.25, -0.2) is 4.18 Å². The topological polar surface area (TPSA) is 134 Å². The zero-order chi connectivity index (χ0) is 31.4. The van der Waals surface area contributed by atoms with Gasteiger partial charge in [0.1, 0.15) is 0 Å². The minimum atomic E-state index is -4.45. The van der Waals surface area contributed by atoms with Gasteiger partial charge in [-0.05, 0) is 162 Å². The van der Waals surface area contributed by atoms with E-state index in [9.17, 15) is 18.1 Å². The molecule has 4 saturated carbocycles. The van der Waals surface area contributed by atoms with Gasteiger partial charge in [-0.2, -0.15) is 8.42 Å². The van der Waals surface area contributed by atoms with Gasteiger partial charge < -0.3 is 21.5 Å². The van der Waals surface area contributed by atoms with Crippen molar-refractivity contribution in [3.05, 3.63) is 0 Å². The number of aliphatic hydroxyl groups excluding tert-OH is 1. The van der Waals surface area contributed by atoms with Crippen LogP contribution in [0, 0.1) is 52.3 Å². The molecule has 0 aliphatic heterocycles. The van der Waals surface area contributed by atoms with Crippen LogP contribution in [0.5, 0.6) is 0 Å². The maximum Gasteiger partial charge on any atom is 0.397 e. The molecule has 0 radical (unpaired) electrons. The molecule has 6 N–H and O–H groups in total. The summed E-state index contributed by atoms with van der Waals surface area (Å²) in [6, 6.07) is 0.573. The second-order valence-corrected chi connectivity index (χ2v) is 17.0. The first kappa shape index (κ1) is 35.6. The zero-order valence-corrected chi connectivity index (χ0v) is 28.7. The van der Waals surface area contributed by atoms with Gasteiger partial charge in [-0.1, -0.05) is 34.6 Å². The largest absolute Gasteiger partial charge is 0.397 e. The zero-order valence-electron chi connectivity index (χ0n) is 27.9. The second-order valence-electron chi connectivity index (χ2n) is 15.9. The Morgan fingerprint density at radius 3 is 2.30 bits per heavy atom. The maximum atomic E-state index is 11.8. The third-order valence-electron chi connectivity index (χ3n) is 13.1. The van der Waals surface area contributed by atoms with Gasteiger partial charge in [0.15, 0.2) is 0 Å². The van der Waals surface area contributed by atoms with Crippen LogP contribution in [0.3, 0.4) is 0 Å². The molecule has 4 aliphatic rings. The van der Waals surface area contributed by atoms with E-state index in [2.05, 4.69) is 31.4 Å². The molecule has 11 atom stereocenters. The van der Waals surface area contributed by atoms with Crippen molar-refractivity contribution in [3.8, 4) is 0 Å². The average Bonchev–Trinajstić information content (AvgIpc) is 3.29. The van der Waals surface area contributed by atoms with Crippen LogP contribution in [0.4, 0.5) is 0 Å². The lowest BCUT2D eigenvalue weighted by Crippen LogP contribution is -2.59. The smallest absolute Gasteiger partial charge is 0.393 e. The van der Waals surface area contributed by atoms with E-state index in [0.29, 0.717) is 53.4 Å². The molecule has 8 nitrogen and oxygen atoms in total. The Kier molecular flexibility index (Phi) is 12.5. The fraction of sp³-hybridized carbons (Fsp3) is 1.00. The molecule has 9 heteroatoms. The van der Waals surface area contributed by atoms with Crippen LogP contribution in [0.2, 0.25) is 0 Å². The molecule has 0 heterocycles. The predicted octanol–water partition coefficient (Wildman–Crippen LogP) is 5.55. The molecular weight excluding hydrogens is 562 g/mol. The highest BCUT2D eigenvalue weighted by atomic mass is 32.3. The first-order chi connectivity index (χ1) is 20.3. The molecule has 4 aliphatic carbocycles.